The number of benzene rings is 2. The Kier molecular flexibility index (Phi) is 5.90. The van der Waals surface area contributed by atoms with Crippen LogP contribution in [0.15, 0.2) is 77.2 Å². The number of fused-ring (bicyclic) bond motifs is 3. The Morgan fingerprint density at radius 2 is 1.80 bits per heavy atom. The van der Waals surface area contributed by atoms with Crippen LogP contribution >= 0.6 is 11.8 Å². The Hall–Kier alpha value is -3.91. The Balaban J connectivity index is 1.49. The van der Waals surface area contributed by atoms with Crippen LogP contribution in [0.4, 0.5) is 0 Å². The largest absolute Gasteiger partial charge is 0.318 e. The average molecular weight is 484 g/mol. The first kappa shape index (κ1) is 22.9. The zero-order valence-corrected chi connectivity index (χ0v) is 20.7. The lowest BCUT2D eigenvalue weighted by Gasteiger charge is -2.10. The fourth-order valence-corrected chi connectivity index (χ4v) is 5.29. The first-order valence-corrected chi connectivity index (χ1v) is 12.3. The molecule has 7 nitrogen and oxygen atoms in total. The van der Waals surface area contributed by atoms with E-state index >= 15 is 0 Å². The molecule has 0 spiro atoms. The van der Waals surface area contributed by atoms with E-state index in [0.29, 0.717) is 33.9 Å². The number of Topliss-reactive ketones (excluding diaryl/α,β-unsaturated/α-hetero) is 1. The summed E-state index contributed by atoms with van der Waals surface area (Å²) in [5.41, 5.74) is 5.41. The molecule has 0 N–H and O–H groups in total. The highest BCUT2D eigenvalue weighted by molar-refractivity contribution is 7.99. The average Bonchev–Trinajstić information content (AvgIpc) is 3.41. The summed E-state index contributed by atoms with van der Waals surface area (Å²) >= 11 is 1.32. The van der Waals surface area contributed by atoms with Crippen molar-refractivity contribution in [3.63, 3.8) is 0 Å². The van der Waals surface area contributed by atoms with E-state index in [1.165, 1.54) is 17.3 Å². The van der Waals surface area contributed by atoms with E-state index in [1.54, 1.807) is 16.7 Å². The van der Waals surface area contributed by atoms with Crippen molar-refractivity contribution >= 4 is 34.2 Å². The molecule has 176 valence electrons. The number of rotatable bonds is 7. The van der Waals surface area contributed by atoms with Crippen molar-refractivity contribution in [2.45, 2.75) is 32.5 Å². The van der Waals surface area contributed by atoms with Gasteiger partial charge in [-0.3, -0.25) is 18.6 Å². The fourth-order valence-electron chi connectivity index (χ4n) is 4.46. The lowest BCUT2D eigenvalue weighted by Crippen LogP contribution is -2.22. The van der Waals surface area contributed by atoms with Gasteiger partial charge in [-0.15, -0.1) is 16.8 Å². The molecule has 0 saturated carbocycles. The molecule has 3 aromatic heterocycles. The Morgan fingerprint density at radius 1 is 1.06 bits per heavy atom. The second-order valence-electron chi connectivity index (χ2n) is 8.51. The van der Waals surface area contributed by atoms with Gasteiger partial charge in [0.05, 0.1) is 16.7 Å². The molecule has 0 amide bonds. The third-order valence-corrected chi connectivity index (χ3v) is 7.07. The van der Waals surface area contributed by atoms with Gasteiger partial charge in [0.2, 0.25) is 5.78 Å². The lowest BCUT2D eigenvalue weighted by molar-refractivity contribution is 0.102. The van der Waals surface area contributed by atoms with E-state index in [-0.39, 0.29) is 17.1 Å². The molecule has 0 radical (unpaired) electrons. The molecular formula is C27H25N5O2S. The Labute approximate surface area is 206 Å². The number of nitrogens with zero attached hydrogens (tertiary/aromatic N) is 5. The molecule has 5 rings (SSSR count). The monoisotopic (exact) mass is 483 g/mol. The van der Waals surface area contributed by atoms with Gasteiger partial charge in [-0.2, -0.15) is 0 Å². The first-order chi connectivity index (χ1) is 16.9. The highest BCUT2D eigenvalue weighted by Crippen LogP contribution is 2.26. The number of hydrogen-bond donors (Lipinski definition) is 0. The minimum atomic E-state index is -0.142. The number of aromatic nitrogens is 5. The van der Waals surface area contributed by atoms with Gasteiger partial charge < -0.3 is 4.57 Å². The summed E-state index contributed by atoms with van der Waals surface area (Å²) in [6.45, 7) is 10.1. The second-order valence-corrected chi connectivity index (χ2v) is 9.45. The SMILES string of the molecule is C=CCn1c(=O)c2ccccc2n2c(SCC(=O)c3cc(C)n(-c4ccc(C)cc4)c3C)nnc12. The van der Waals surface area contributed by atoms with Crippen LogP contribution < -0.4 is 5.56 Å². The van der Waals surface area contributed by atoms with Crippen LogP contribution in [-0.2, 0) is 6.54 Å². The number of ketones is 1. The van der Waals surface area contributed by atoms with E-state index in [0.717, 1.165) is 17.1 Å². The van der Waals surface area contributed by atoms with Gasteiger partial charge in [0, 0.05) is 29.2 Å². The maximum atomic E-state index is 13.3. The van der Waals surface area contributed by atoms with Crippen molar-refractivity contribution in [1.29, 1.82) is 0 Å². The zero-order chi connectivity index (χ0) is 24.7. The molecule has 0 aliphatic carbocycles. The molecule has 5 aromatic rings. The summed E-state index contributed by atoms with van der Waals surface area (Å²) in [6, 6.07) is 17.6. The predicted octanol–water partition coefficient (Wildman–Crippen LogP) is 4.92. The molecule has 3 heterocycles. The molecule has 0 saturated heterocycles. The maximum Gasteiger partial charge on any atom is 0.263 e. The molecule has 0 bridgehead atoms. The van der Waals surface area contributed by atoms with Crippen LogP contribution in [0.2, 0.25) is 0 Å². The molecule has 0 fully saturated rings. The van der Waals surface area contributed by atoms with Crippen LogP contribution in [-0.4, -0.2) is 35.3 Å². The third-order valence-electron chi connectivity index (χ3n) is 6.15. The number of carbonyl (C=O) groups is 1. The van der Waals surface area contributed by atoms with Gasteiger partial charge in [0.1, 0.15) is 0 Å². The second kappa shape index (κ2) is 9.03. The summed E-state index contributed by atoms with van der Waals surface area (Å²) in [7, 11) is 0. The topological polar surface area (TPSA) is 74.2 Å². The van der Waals surface area contributed by atoms with Crippen LogP contribution in [0, 0.1) is 20.8 Å². The van der Waals surface area contributed by atoms with Crippen LogP contribution in [0.5, 0.6) is 0 Å². The van der Waals surface area contributed by atoms with Gasteiger partial charge in [0.25, 0.3) is 5.56 Å². The van der Waals surface area contributed by atoms with Crippen molar-refractivity contribution in [1.82, 2.24) is 23.7 Å². The molecule has 35 heavy (non-hydrogen) atoms. The smallest absolute Gasteiger partial charge is 0.263 e. The number of thioether (sulfide) groups is 1. The summed E-state index contributed by atoms with van der Waals surface area (Å²) in [6.07, 6.45) is 1.66. The van der Waals surface area contributed by atoms with Crippen molar-refractivity contribution in [3.05, 3.63) is 100 Å². The van der Waals surface area contributed by atoms with E-state index in [2.05, 4.69) is 52.5 Å². The molecule has 0 aliphatic rings. The third kappa shape index (κ3) is 3.89. The summed E-state index contributed by atoms with van der Waals surface area (Å²) < 4.78 is 5.49. The minimum Gasteiger partial charge on any atom is -0.318 e. The molecule has 0 unspecified atom stereocenters. The normalized spacial score (nSPS) is 11.4. The summed E-state index contributed by atoms with van der Waals surface area (Å²) in [5.74, 6) is 0.650. The fraction of sp³-hybridized carbons (Fsp3) is 0.185. The number of aryl methyl sites for hydroxylation is 2. The number of para-hydroxylation sites is 1. The van der Waals surface area contributed by atoms with Crippen molar-refractivity contribution in [3.8, 4) is 5.69 Å². The maximum absolute atomic E-state index is 13.3. The molecule has 0 atom stereocenters. The van der Waals surface area contributed by atoms with Crippen molar-refractivity contribution < 1.29 is 4.79 Å². The van der Waals surface area contributed by atoms with E-state index in [4.69, 9.17) is 0 Å². The Bertz CT molecular complexity index is 1660. The minimum absolute atomic E-state index is 0.0157. The quantitative estimate of drug-likeness (QED) is 0.187. The number of carbonyl (C=O) groups excluding carboxylic acids is 1. The van der Waals surface area contributed by atoms with Gasteiger partial charge in [-0.25, -0.2) is 0 Å². The predicted molar refractivity (Wildman–Crippen MR) is 140 cm³/mol. The molecular weight excluding hydrogens is 458 g/mol. The van der Waals surface area contributed by atoms with Gasteiger partial charge >= 0.3 is 0 Å². The molecule has 8 heteroatoms. The standard InChI is InChI=1S/C27H25N5O2S/c1-5-14-30-25(34)21-8-6-7-9-23(21)32-26(30)28-29-27(32)35-16-24(33)22-15-18(3)31(19(22)4)20-12-10-17(2)11-13-20/h5-13,15H,1,14,16H2,2-4H3. The van der Waals surface area contributed by atoms with Gasteiger partial charge in [-0.05, 0) is 51.1 Å². The molecule has 2 aromatic carbocycles. The highest BCUT2D eigenvalue weighted by Gasteiger charge is 2.20. The van der Waals surface area contributed by atoms with Crippen LogP contribution in [0.1, 0.15) is 27.3 Å². The molecule has 0 aliphatic heterocycles. The van der Waals surface area contributed by atoms with Gasteiger partial charge in [0.15, 0.2) is 10.9 Å². The number of allylic oxidation sites excluding steroid dienone is 1. The van der Waals surface area contributed by atoms with Crippen LogP contribution in [0.25, 0.3) is 22.4 Å². The van der Waals surface area contributed by atoms with Crippen molar-refractivity contribution in [2.75, 3.05) is 5.75 Å². The van der Waals surface area contributed by atoms with E-state index < -0.39 is 0 Å². The summed E-state index contributed by atoms with van der Waals surface area (Å²) in [5, 5.41) is 9.72. The highest BCUT2D eigenvalue weighted by atomic mass is 32.2. The Morgan fingerprint density at radius 3 is 2.54 bits per heavy atom. The lowest BCUT2D eigenvalue weighted by atomic mass is 10.2. The van der Waals surface area contributed by atoms with Crippen LogP contribution in [0.3, 0.4) is 0 Å². The zero-order valence-electron chi connectivity index (χ0n) is 19.9. The van der Waals surface area contributed by atoms with Crippen molar-refractivity contribution in [2.24, 2.45) is 0 Å². The van der Waals surface area contributed by atoms with E-state index in [1.807, 2.05) is 42.5 Å². The number of hydrogen-bond acceptors (Lipinski definition) is 5. The van der Waals surface area contributed by atoms with Gasteiger partial charge in [-0.1, -0.05) is 47.7 Å². The summed E-state index contributed by atoms with van der Waals surface area (Å²) in [4.78, 5) is 26.2. The van der Waals surface area contributed by atoms with E-state index in [9.17, 15) is 9.59 Å². The first-order valence-electron chi connectivity index (χ1n) is 11.3.